The maximum Gasteiger partial charge on any atom is 0.138 e. The number of hydrogen-bond acceptors (Lipinski definition) is 2. The van der Waals surface area contributed by atoms with Crippen LogP contribution in [0.15, 0.2) is 46.9 Å². The van der Waals surface area contributed by atoms with Crippen molar-refractivity contribution in [1.29, 1.82) is 5.26 Å². The van der Waals surface area contributed by atoms with Crippen molar-refractivity contribution in [2.24, 2.45) is 0 Å². The molecule has 0 unspecified atom stereocenters. The predicted molar refractivity (Wildman–Crippen MR) is 74.6 cm³/mol. The second kappa shape index (κ2) is 5.90. The number of nitriles is 1. The van der Waals surface area contributed by atoms with Gasteiger partial charge in [-0.3, -0.25) is 0 Å². The predicted octanol–water partition coefficient (Wildman–Crippen LogP) is 4.55. The molecule has 0 spiro atoms. The third kappa shape index (κ3) is 3.25. The van der Waals surface area contributed by atoms with Crippen molar-refractivity contribution < 1.29 is 4.74 Å². The second-order valence-electron chi connectivity index (χ2n) is 3.67. The second-order valence-corrected chi connectivity index (χ2v) is 5.02. The van der Waals surface area contributed by atoms with Gasteiger partial charge in [-0.2, -0.15) is 5.26 Å². The average Bonchev–Trinajstić information content (AvgIpc) is 2.37. The van der Waals surface area contributed by atoms with E-state index in [2.05, 4.69) is 22.0 Å². The number of hydrogen-bond donors (Lipinski definition) is 0. The van der Waals surface area contributed by atoms with Crippen LogP contribution in [0.5, 0.6) is 5.75 Å². The molecule has 0 bridgehead atoms. The van der Waals surface area contributed by atoms with E-state index in [1.807, 2.05) is 30.3 Å². The molecule has 0 amide bonds. The minimum Gasteiger partial charge on any atom is -0.487 e. The first-order valence-electron chi connectivity index (χ1n) is 5.26. The molecule has 2 nitrogen and oxygen atoms in total. The van der Waals surface area contributed by atoms with Gasteiger partial charge in [0.2, 0.25) is 0 Å². The Labute approximate surface area is 119 Å². The monoisotopic (exact) mass is 321 g/mol. The van der Waals surface area contributed by atoms with Gasteiger partial charge in [0.1, 0.15) is 18.4 Å². The van der Waals surface area contributed by atoms with Crippen molar-refractivity contribution in [2.75, 3.05) is 0 Å². The van der Waals surface area contributed by atoms with Crippen LogP contribution >= 0.6 is 27.5 Å². The Morgan fingerprint density at radius 3 is 2.78 bits per heavy atom. The molecule has 0 saturated heterocycles. The van der Waals surface area contributed by atoms with E-state index in [0.29, 0.717) is 22.9 Å². The van der Waals surface area contributed by atoms with Gasteiger partial charge in [0, 0.05) is 9.50 Å². The van der Waals surface area contributed by atoms with Crippen molar-refractivity contribution >= 4 is 27.5 Å². The summed E-state index contributed by atoms with van der Waals surface area (Å²) in [6.07, 6.45) is 0. The Hall–Kier alpha value is -1.50. The van der Waals surface area contributed by atoms with E-state index >= 15 is 0 Å². The fourth-order valence-corrected chi connectivity index (χ4v) is 2.05. The summed E-state index contributed by atoms with van der Waals surface area (Å²) in [5.74, 6) is 0.562. The van der Waals surface area contributed by atoms with Crippen LogP contribution in [0.4, 0.5) is 0 Å². The number of ether oxygens (including phenoxy) is 1. The number of rotatable bonds is 3. The molecule has 4 heteroatoms. The molecule has 0 aliphatic rings. The Balaban J connectivity index is 2.15. The number of nitrogens with zero attached hydrogens (tertiary/aromatic N) is 1. The van der Waals surface area contributed by atoms with Crippen molar-refractivity contribution in [3.05, 3.63) is 63.1 Å². The van der Waals surface area contributed by atoms with Gasteiger partial charge in [-0.1, -0.05) is 39.7 Å². The quantitative estimate of drug-likeness (QED) is 0.830. The van der Waals surface area contributed by atoms with Crippen LogP contribution < -0.4 is 4.74 Å². The highest BCUT2D eigenvalue weighted by atomic mass is 79.9. The van der Waals surface area contributed by atoms with E-state index in [-0.39, 0.29) is 0 Å². The fourth-order valence-electron chi connectivity index (χ4n) is 1.50. The largest absolute Gasteiger partial charge is 0.487 e. The molecule has 90 valence electrons. The molecule has 0 fully saturated rings. The summed E-state index contributed by atoms with van der Waals surface area (Å²) < 4.78 is 6.52. The van der Waals surface area contributed by atoms with Crippen LogP contribution in [0.3, 0.4) is 0 Å². The topological polar surface area (TPSA) is 33.0 Å². The van der Waals surface area contributed by atoms with E-state index in [1.54, 1.807) is 12.1 Å². The molecule has 0 heterocycles. The number of benzene rings is 2. The molecule has 0 saturated carbocycles. The zero-order chi connectivity index (χ0) is 13.0. The highest BCUT2D eigenvalue weighted by molar-refractivity contribution is 9.10. The summed E-state index contributed by atoms with van der Waals surface area (Å²) in [5.41, 5.74) is 1.48. The molecule has 2 aromatic rings. The van der Waals surface area contributed by atoms with Crippen LogP contribution in [-0.4, -0.2) is 0 Å². The van der Waals surface area contributed by atoms with Gasteiger partial charge in [0.15, 0.2) is 0 Å². The SMILES string of the molecule is N#Cc1ccc(Br)cc1OCc1cccc(Cl)c1. The minimum atomic E-state index is 0.381. The van der Waals surface area contributed by atoms with Crippen LogP contribution in [0, 0.1) is 11.3 Å². The van der Waals surface area contributed by atoms with E-state index in [1.165, 1.54) is 0 Å². The summed E-state index contributed by atoms with van der Waals surface area (Å²) in [5, 5.41) is 9.66. The van der Waals surface area contributed by atoms with Crippen molar-refractivity contribution in [1.82, 2.24) is 0 Å². The number of halogens is 2. The lowest BCUT2D eigenvalue weighted by molar-refractivity contribution is 0.305. The van der Waals surface area contributed by atoms with Crippen LogP contribution in [0.1, 0.15) is 11.1 Å². The van der Waals surface area contributed by atoms with Crippen molar-refractivity contribution in [2.45, 2.75) is 6.61 Å². The summed E-state index contributed by atoms with van der Waals surface area (Å²) in [6, 6.07) is 14.9. The van der Waals surface area contributed by atoms with E-state index < -0.39 is 0 Å². The lowest BCUT2D eigenvalue weighted by Gasteiger charge is -2.08. The molecule has 18 heavy (non-hydrogen) atoms. The smallest absolute Gasteiger partial charge is 0.138 e. The van der Waals surface area contributed by atoms with Crippen LogP contribution in [0.25, 0.3) is 0 Å². The summed E-state index contributed by atoms with van der Waals surface area (Å²) in [4.78, 5) is 0. The molecular formula is C14H9BrClNO. The molecule has 0 aliphatic heterocycles. The van der Waals surface area contributed by atoms with E-state index in [4.69, 9.17) is 21.6 Å². The first-order chi connectivity index (χ1) is 8.69. The molecule has 2 rings (SSSR count). The first kappa shape index (κ1) is 12.9. The van der Waals surface area contributed by atoms with Gasteiger partial charge in [-0.05, 0) is 35.9 Å². The summed E-state index contributed by atoms with van der Waals surface area (Å²) in [6.45, 7) is 0.381. The molecule has 2 aromatic carbocycles. The third-order valence-corrected chi connectivity index (χ3v) is 3.08. The van der Waals surface area contributed by atoms with Gasteiger partial charge in [-0.25, -0.2) is 0 Å². The van der Waals surface area contributed by atoms with Gasteiger partial charge in [0.25, 0.3) is 0 Å². The summed E-state index contributed by atoms with van der Waals surface area (Å²) in [7, 11) is 0. The van der Waals surface area contributed by atoms with Gasteiger partial charge >= 0.3 is 0 Å². The van der Waals surface area contributed by atoms with Crippen molar-refractivity contribution in [3.63, 3.8) is 0 Å². The lowest BCUT2D eigenvalue weighted by atomic mass is 10.2. The third-order valence-electron chi connectivity index (χ3n) is 2.35. The first-order valence-corrected chi connectivity index (χ1v) is 6.43. The zero-order valence-corrected chi connectivity index (χ0v) is 11.7. The Kier molecular flexibility index (Phi) is 4.24. The minimum absolute atomic E-state index is 0.381. The summed E-state index contributed by atoms with van der Waals surface area (Å²) >= 11 is 9.25. The zero-order valence-electron chi connectivity index (χ0n) is 9.36. The average molecular weight is 323 g/mol. The maximum atomic E-state index is 8.98. The fraction of sp³-hybridized carbons (Fsp3) is 0.0714. The van der Waals surface area contributed by atoms with Crippen LogP contribution in [-0.2, 0) is 6.61 Å². The van der Waals surface area contributed by atoms with Gasteiger partial charge in [0.05, 0.1) is 5.56 Å². The Morgan fingerprint density at radius 1 is 1.22 bits per heavy atom. The normalized spacial score (nSPS) is 9.83. The maximum absolute atomic E-state index is 8.98. The Morgan fingerprint density at radius 2 is 2.06 bits per heavy atom. The van der Waals surface area contributed by atoms with Gasteiger partial charge in [-0.15, -0.1) is 0 Å². The lowest BCUT2D eigenvalue weighted by Crippen LogP contribution is -1.97. The van der Waals surface area contributed by atoms with Gasteiger partial charge < -0.3 is 4.74 Å². The molecule has 0 radical (unpaired) electrons. The molecule has 0 atom stereocenters. The Bertz CT molecular complexity index is 607. The molecule has 0 aromatic heterocycles. The molecular weight excluding hydrogens is 314 g/mol. The highest BCUT2D eigenvalue weighted by Crippen LogP contribution is 2.24. The molecule has 0 N–H and O–H groups in total. The highest BCUT2D eigenvalue weighted by Gasteiger charge is 2.04. The van der Waals surface area contributed by atoms with E-state index in [9.17, 15) is 0 Å². The molecule has 0 aliphatic carbocycles. The van der Waals surface area contributed by atoms with Crippen LogP contribution in [0.2, 0.25) is 5.02 Å². The van der Waals surface area contributed by atoms with Crippen molar-refractivity contribution in [3.8, 4) is 11.8 Å². The van der Waals surface area contributed by atoms with E-state index in [0.717, 1.165) is 10.0 Å². The standard InChI is InChI=1S/C14H9BrClNO/c15-12-5-4-11(8-17)14(7-12)18-9-10-2-1-3-13(16)6-10/h1-7H,9H2.